The van der Waals surface area contributed by atoms with Crippen molar-refractivity contribution in [3.8, 4) is 0 Å². The maximum atomic E-state index is 12.3. The number of benzene rings is 1. The fraction of sp³-hybridized carbons (Fsp3) is 0.529. The first-order chi connectivity index (χ1) is 12.3. The molecule has 1 aliphatic rings. The predicted molar refractivity (Wildman–Crippen MR) is 96.2 cm³/mol. The highest BCUT2D eigenvalue weighted by molar-refractivity contribution is 7.89. The molecule has 0 unspecified atom stereocenters. The van der Waals surface area contributed by atoms with Crippen LogP contribution in [0.25, 0.3) is 0 Å². The molecular formula is C17H25N3O5S. The number of hydrogen-bond acceptors (Lipinski definition) is 5. The van der Waals surface area contributed by atoms with E-state index in [-0.39, 0.29) is 29.0 Å². The van der Waals surface area contributed by atoms with Gasteiger partial charge >= 0.3 is 0 Å². The van der Waals surface area contributed by atoms with Crippen molar-refractivity contribution in [3.05, 3.63) is 29.8 Å². The number of nitrogens with one attached hydrogen (secondary N) is 3. The summed E-state index contributed by atoms with van der Waals surface area (Å²) in [5.74, 6) is -0.724. The molecule has 8 nitrogen and oxygen atoms in total. The second-order valence-corrected chi connectivity index (χ2v) is 7.87. The molecule has 2 rings (SSSR count). The Balaban J connectivity index is 1.95. The van der Waals surface area contributed by atoms with Crippen LogP contribution in [0.3, 0.4) is 0 Å². The van der Waals surface area contributed by atoms with E-state index < -0.39 is 22.0 Å². The normalized spacial score (nSPS) is 18.3. The third kappa shape index (κ3) is 5.52. The van der Waals surface area contributed by atoms with Gasteiger partial charge in [0.2, 0.25) is 15.9 Å². The quantitative estimate of drug-likeness (QED) is 0.601. The highest BCUT2D eigenvalue weighted by atomic mass is 32.2. The topological polar surface area (TPSA) is 114 Å². The van der Waals surface area contributed by atoms with Crippen molar-refractivity contribution < 1.29 is 22.7 Å². The van der Waals surface area contributed by atoms with Crippen molar-refractivity contribution >= 4 is 21.8 Å². The summed E-state index contributed by atoms with van der Waals surface area (Å²) in [6, 6.07) is 4.88. The van der Waals surface area contributed by atoms with E-state index in [1.54, 1.807) is 13.8 Å². The van der Waals surface area contributed by atoms with E-state index in [2.05, 4.69) is 15.4 Å². The molecular weight excluding hydrogens is 358 g/mol. The van der Waals surface area contributed by atoms with Gasteiger partial charge in [0.1, 0.15) is 6.04 Å². The van der Waals surface area contributed by atoms with E-state index in [0.717, 1.165) is 12.8 Å². The summed E-state index contributed by atoms with van der Waals surface area (Å²) in [4.78, 5) is 23.9. The van der Waals surface area contributed by atoms with E-state index in [9.17, 15) is 18.0 Å². The van der Waals surface area contributed by atoms with Crippen LogP contribution in [0.1, 0.15) is 37.0 Å². The van der Waals surface area contributed by atoms with E-state index >= 15 is 0 Å². The van der Waals surface area contributed by atoms with E-state index in [1.165, 1.54) is 24.3 Å². The Morgan fingerprint density at radius 3 is 2.54 bits per heavy atom. The van der Waals surface area contributed by atoms with Crippen LogP contribution in [-0.2, 0) is 19.6 Å². The molecule has 3 N–H and O–H groups in total. The van der Waals surface area contributed by atoms with Crippen LogP contribution in [0.4, 0.5) is 0 Å². The Morgan fingerprint density at radius 2 is 1.96 bits per heavy atom. The summed E-state index contributed by atoms with van der Waals surface area (Å²) in [6.45, 7) is 4.74. The average molecular weight is 383 g/mol. The lowest BCUT2D eigenvalue weighted by molar-refractivity contribution is -0.122. The van der Waals surface area contributed by atoms with Gasteiger partial charge in [0, 0.05) is 25.3 Å². The largest absolute Gasteiger partial charge is 0.377 e. The van der Waals surface area contributed by atoms with Gasteiger partial charge in [0.15, 0.2) is 0 Å². The lowest BCUT2D eigenvalue weighted by Gasteiger charge is -2.14. The molecule has 144 valence electrons. The maximum absolute atomic E-state index is 12.3. The highest BCUT2D eigenvalue weighted by Gasteiger charge is 2.21. The fourth-order valence-corrected chi connectivity index (χ4v) is 3.62. The van der Waals surface area contributed by atoms with E-state index in [4.69, 9.17) is 4.74 Å². The van der Waals surface area contributed by atoms with Gasteiger partial charge in [-0.1, -0.05) is 0 Å². The molecule has 0 bridgehead atoms. The smallest absolute Gasteiger partial charge is 0.251 e. The molecule has 0 radical (unpaired) electrons. The Hall–Kier alpha value is -1.97. The van der Waals surface area contributed by atoms with Crippen molar-refractivity contribution in [1.29, 1.82) is 0 Å². The molecule has 1 aromatic carbocycles. The van der Waals surface area contributed by atoms with Gasteiger partial charge in [-0.25, -0.2) is 13.1 Å². The Labute approximate surface area is 153 Å². The van der Waals surface area contributed by atoms with Gasteiger partial charge in [-0.2, -0.15) is 0 Å². The van der Waals surface area contributed by atoms with Crippen molar-refractivity contribution in [3.63, 3.8) is 0 Å². The third-order valence-electron chi connectivity index (χ3n) is 4.04. The van der Waals surface area contributed by atoms with Gasteiger partial charge in [-0.05, 0) is 51.0 Å². The Bertz CT molecular complexity index is 727. The first-order valence-electron chi connectivity index (χ1n) is 8.63. The monoisotopic (exact) mass is 383 g/mol. The van der Waals surface area contributed by atoms with Gasteiger partial charge in [-0.15, -0.1) is 0 Å². The second-order valence-electron chi connectivity index (χ2n) is 6.10. The van der Waals surface area contributed by atoms with E-state index in [1.807, 2.05) is 0 Å². The summed E-state index contributed by atoms with van der Waals surface area (Å²) >= 11 is 0. The number of likely N-dealkylation sites (N-methyl/N-ethyl adjacent to an activating group) is 1. The van der Waals surface area contributed by atoms with Gasteiger partial charge in [0.05, 0.1) is 11.0 Å². The number of ether oxygens (including phenoxy) is 1. The first-order valence-corrected chi connectivity index (χ1v) is 10.1. The molecule has 2 amide bonds. The minimum atomic E-state index is -3.66. The molecule has 1 aromatic rings. The molecule has 9 heteroatoms. The fourth-order valence-electron chi connectivity index (χ4n) is 2.55. The number of rotatable bonds is 8. The summed E-state index contributed by atoms with van der Waals surface area (Å²) in [6.07, 6.45) is 1.68. The molecule has 1 aliphatic heterocycles. The van der Waals surface area contributed by atoms with Crippen LogP contribution in [0.2, 0.25) is 0 Å². The third-order valence-corrected chi connectivity index (χ3v) is 5.48. The van der Waals surface area contributed by atoms with Crippen molar-refractivity contribution in [2.24, 2.45) is 0 Å². The predicted octanol–water partition coefficient (Wildman–Crippen LogP) is 0.398. The second kappa shape index (κ2) is 9.11. The van der Waals surface area contributed by atoms with Gasteiger partial charge in [-0.3, -0.25) is 9.59 Å². The molecule has 1 saturated heterocycles. The Morgan fingerprint density at radius 1 is 1.27 bits per heavy atom. The molecule has 0 aliphatic carbocycles. The zero-order chi connectivity index (χ0) is 19.2. The molecule has 1 fully saturated rings. The van der Waals surface area contributed by atoms with Gasteiger partial charge < -0.3 is 15.4 Å². The van der Waals surface area contributed by atoms with Crippen LogP contribution in [0, 0.1) is 0 Å². The molecule has 0 saturated carbocycles. The summed E-state index contributed by atoms with van der Waals surface area (Å²) in [5.41, 5.74) is 0.277. The molecule has 2 atom stereocenters. The van der Waals surface area contributed by atoms with Crippen molar-refractivity contribution in [2.45, 2.75) is 43.7 Å². The molecule has 1 heterocycles. The van der Waals surface area contributed by atoms with Crippen LogP contribution < -0.4 is 15.4 Å². The molecule has 26 heavy (non-hydrogen) atoms. The highest BCUT2D eigenvalue weighted by Crippen LogP contribution is 2.14. The number of carbonyl (C=O) groups is 2. The Kier molecular flexibility index (Phi) is 7.13. The summed E-state index contributed by atoms with van der Waals surface area (Å²) < 4.78 is 32.5. The van der Waals surface area contributed by atoms with Crippen LogP contribution >= 0.6 is 0 Å². The van der Waals surface area contributed by atoms with Crippen LogP contribution in [0.15, 0.2) is 29.2 Å². The number of hydrogen-bond donors (Lipinski definition) is 3. The summed E-state index contributed by atoms with van der Waals surface area (Å²) in [5, 5.41) is 5.19. The van der Waals surface area contributed by atoms with E-state index in [0.29, 0.717) is 13.2 Å². The SMILES string of the molecule is CCNC(=O)[C@H](C)NC(=O)c1ccc(S(=O)(=O)NC[C@H]2CCCO2)cc1. The zero-order valence-electron chi connectivity index (χ0n) is 14.9. The van der Waals surface area contributed by atoms with Crippen molar-refractivity contribution in [1.82, 2.24) is 15.4 Å². The number of sulfonamides is 1. The maximum Gasteiger partial charge on any atom is 0.251 e. The lowest BCUT2D eigenvalue weighted by atomic mass is 10.2. The molecule has 0 aromatic heterocycles. The zero-order valence-corrected chi connectivity index (χ0v) is 15.8. The first kappa shape index (κ1) is 20.3. The number of carbonyl (C=O) groups excluding carboxylic acids is 2. The minimum Gasteiger partial charge on any atom is -0.377 e. The van der Waals surface area contributed by atoms with Crippen LogP contribution in [0.5, 0.6) is 0 Å². The van der Waals surface area contributed by atoms with Crippen molar-refractivity contribution in [2.75, 3.05) is 19.7 Å². The summed E-state index contributed by atoms with van der Waals surface area (Å²) in [7, 11) is -3.66. The standard InChI is InChI=1S/C17H25N3O5S/c1-3-18-16(21)12(2)20-17(22)13-6-8-15(9-7-13)26(23,24)19-11-14-5-4-10-25-14/h6-9,12,14,19H,3-5,10-11H2,1-2H3,(H,18,21)(H,20,22)/t12-,14+/m0/s1. The van der Waals surface area contributed by atoms with Crippen LogP contribution in [-0.4, -0.2) is 52.1 Å². The number of amides is 2. The minimum absolute atomic E-state index is 0.0730. The van der Waals surface area contributed by atoms with Gasteiger partial charge in [0.25, 0.3) is 5.91 Å². The lowest BCUT2D eigenvalue weighted by Crippen LogP contribution is -2.44. The average Bonchev–Trinajstić information content (AvgIpc) is 3.14. The molecule has 0 spiro atoms.